The van der Waals surface area contributed by atoms with Crippen molar-refractivity contribution in [3.05, 3.63) is 48.5 Å². The Labute approximate surface area is 118 Å². The molecule has 1 saturated heterocycles. The molecule has 0 spiro atoms. The van der Waals surface area contributed by atoms with E-state index in [9.17, 15) is 4.79 Å². The molecule has 0 saturated carbocycles. The molecule has 104 valence electrons. The maximum Gasteiger partial charge on any atom is 0.272 e. The normalized spacial score (nSPS) is 16.4. The Morgan fingerprint density at radius 2 is 1.80 bits per heavy atom. The molecule has 5 nitrogen and oxygen atoms in total. The lowest BCUT2D eigenvalue weighted by Gasteiger charge is -2.32. The molecule has 2 aromatic rings. The average molecular weight is 270 g/mol. The fourth-order valence-electron chi connectivity index (χ4n) is 2.42. The van der Waals surface area contributed by atoms with E-state index in [1.54, 1.807) is 12.5 Å². The van der Waals surface area contributed by atoms with Crippen LogP contribution in [0.1, 0.15) is 10.5 Å². The van der Waals surface area contributed by atoms with Crippen molar-refractivity contribution in [3.8, 4) is 5.69 Å². The second kappa shape index (κ2) is 5.46. The molecular formula is C15H18N4O. The Balaban J connectivity index is 1.85. The van der Waals surface area contributed by atoms with Gasteiger partial charge in [0.15, 0.2) is 0 Å². The van der Waals surface area contributed by atoms with Crippen LogP contribution in [0.4, 0.5) is 0 Å². The number of carbonyl (C=O) groups excluding carboxylic acids is 1. The minimum Gasteiger partial charge on any atom is -0.335 e. The van der Waals surface area contributed by atoms with Crippen molar-refractivity contribution in [1.82, 2.24) is 19.4 Å². The van der Waals surface area contributed by atoms with Gasteiger partial charge in [-0.05, 0) is 19.2 Å². The van der Waals surface area contributed by atoms with Crippen molar-refractivity contribution in [3.63, 3.8) is 0 Å². The number of aromatic nitrogens is 2. The molecule has 0 bridgehead atoms. The lowest BCUT2D eigenvalue weighted by Crippen LogP contribution is -2.47. The summed E-state index contributed by atoms with van der Waals surface area (Å²) >= 11 is 0. The van der Waals surface area contributed by atoms with Crippen molar-refractivity contribution < 1.29 is 4.79 Å². The van der Waals surface area contributed by atoms with Gasteiger partial charge >= 0.3 is 0 Å². The highest BCUT2D eigenvalue weighted by atomic mass is 16.2. The van der Waals surface area contributed by atoms with E-state index in [-0.39, 0.29) is 5.91 Å². The largest absolute Gasteiger partial charge is 0.335 e. The van der Waals surface area contributed by atoms with E-state index in [2.05, 4.69) is 16.9 Å². The fourth-order valence-corrected chi connectivity index (χ4v) is 2.42. The van der Waals surface area contributed by atoms with Crippen LogP contribution < -0.4 is 0 Å². The molecule has 1 aromatic heterocycles. The molecule has 0 unspecified atom stereocenters. The Kier molecular flexibility index (Phi) is 3.52. The van der Waals surface area contributed by atoms with Crippen molar-refractivity contribution >= 4 is 5.91 Å². The van der Waals surface area contributed by atoms with Crippen LogP contribution in [-0.2, 0) is 0 Å². The summed E-state index contributed by atoms with van der Waals surface area (Å²) in [5, 5.41) is 0. The number of benzene rings is 1. The highest BCUT2D eigenvalue weighted by Gasteiger charge is 2.23. The third kappa shape index (κ3) is 2.44. The third-order valence-corrected chi connectivity index (χ3v) is 3.68. The van der Waals surface area contributed by atoms with Crippen LogP contribution in [0.15, 0.2) is 42.9 Å². The van der Waals surface area contributed by atoms with Gasteiger partial charge in [-0.2, -0.15) is 0 Å². The summed E-state index contributed by atoms with van der Waals surface area (Å²) in [4.78, 5) is 20.9. The standard InChI is InChI=1S/C15H18N4O/c1-17-7-9-18(10-8-17)15(20)14-11-16-12-19(14)13-5-3-2-4-6-13/h2-6,11-12H,7-10H2,1H3. The number of rotatable bonds is 2. The second-order valence-electron chi connectivity index (χ2n) is 5.08. The van der Waals surface area contributed by atoms with Gasteiger partial charge in [0.25, 0.3) is 5.91 Å². The Morgan fingerprint density at radius 1 is 1.10 bits per heavy atom. The number of para-hydroxylation sites is 1. The van der Waals surface area contributed by atoms with Crippen LogP contribution in [0.3, 0.4) is 0 Å². The molecular weight excluding hydrogens is 252 g/mol. The monoisotopic (exact) mass is 270 g/mol. The maximum absolute atomic E-state index is 12.6. The van der Waals surface area contributed by atoms with Crippen LogP contribution in [0.2, 0.25) is 0 Å². The summed E-state index contributed by atoms with van der Waals surface area (Å²) < 4.78 is 1.85. The maximum atomic E-state index is 12.6. The smallest absolute Gasteiger partial charge is 0.272 e. The number of hydrogen-bond donors (Lipinski definition) is 0. The molecule has 0 radical (unpaired) electrons. The summed E-state index contributed by atoms with van der Waals surface area (Å²) in [5.74, 6) is 0.0550. The van der Waals surface area contributed by atoms with E-state index < -0.39 is 0 Å². The van der Waals surface area contributed by atoms with Crippen LogP contribution in [0.5, 0.6) is 0 Å². The molecule has 1 aliphatic rings. The highest BCUT2D eigenvalue weighted by molar-refractivity contribution is 5.93. The summed E-state index contributed by atoms with van der Waals surface area (Å²) in [6, 6.07) is 9.83. The molecule has 1 aromatic carbocycles. The van der Waals surface area contributed by atoms with E-state index >= 15 is 0 Å². The van der Waals surface area contributed by atoms with Crippen molar-refractivity contribution in [1.29, 1.82) is 0 Å². The zero-order chi connectivity index (χ0) is 13.9. The summed E-state index contributed by atoms with van der Waals surface area (Å²) in [7, 11) is 2.08. The van der Waals surface area contributed by atoms with Gasteiger partial charge in [0.05, 0.1) is 12.5 Å². The lowest BCUT2D eigenvalue weighted by atomic mass is 10.2. The van der Waals surface area contributed by atoms with Gasteiger partial charge in [0, 0.05) is 31.9 Å². The number of likely N-dealkylation sites (N-methyl/N-ethyl adjacent to an activating group) is 1. The lowest BCUT2D eigenvalue weighted by molar-refractivity contribution is 0.0656. The van der Waals surface area contributed by atoms with Gasteiger partial charge < -0.3 is 9.80 Å². The molecule has 0 atom stereocenters. The number of nitrogens with zero attached hydrogens (tertiary/aromatic N) is 4. The topological polar surface area (TPSA) is 41.4 Å². The molecule has 3 rings (SSSR count). The zero-order valence-electron chi connectivity index (χ0n) is 11.6. The first-order valence-electron chi connectivity index (χ1n) is 6.81. The Hall–Kier alpha value is -2.14. The van der Waals surface area contributed by atoms with E-state index in [1.165, 1.54) is 0 Å². The molecule has 1 fully saturated rings. The molecule has 0 N–H and O–H groups in total. The van der Waals surface area contributed by atoms with E-state index in [0.717, 1.165) is 31.9 Å². The summed E-state index contributed by atoms with van der Waals surface area (Å²) in [5.41, 5.74) is 1.59. The first-order chi connectivity index (χ1) is 9.75. The SMILES string of the molecule is CN1CCN(C(=O)c2cncn2-c2ccccc2)CC1. The summed E-state index contributed by atoms with van der Waals surface area (Å²) in [6.45, 7) is 3.39. The van der Waals surface area contributed by atoms with Crippen LogP contribution in [-0.4, -0.2) is 58.5 Å². The Morgan fingerprint density at radius 3 is 2.50 bits per heavy atom. The van der Waals surface area contributed by atoms with Crippen LogP contribution in [0.25, 0.3) is 5.69 Å². The molecule has 1 amide bonds. The molecule has 2 heterocycles. The molecule has 5 heteroatoms. The van der Waals surface area contributed by atoms with E-state index in [1.807, 2.05) is 39.8 Å². The van der Waals surface area contributed by atoms with Crippen molar-refractivity contribution in [2.24, 2.45) is 0 Å². The predicted molar refractivity (Wildman–Crippen MR) is 77.0 cm³/mol. The zero-order valence-corrected chi connectivity index (χ0v) is 11.6. The van der Waals surface area contributed by atoms with Gasteiger partial charge in [-0.3, -0.25) is 9.36 Å². The minimum atomic E-state index is 0.0550. The number of piperazine rings is 1. The number of hydrogen-bond acceptors (Lipinski definition) is 3. The van der Waals surface area contributed by atoms with Gasteiger partial charge in [0.1, 0.15) is 5.69 Å². The van der Waals surface area contributed by atoms with E-state index in [0.29, 0.717) is 5.69 Å². The first-order valence-corrected chi connectivity index (χ1v) is 6.81. The van der Waals surface area contributed by atoms with Crippen molar-refractivity contribution in [2.45, 2.75) is 0 Å². The quantitative estimate of drug-likeness (QED) is 0.825. The van der Waals surface area contributed by atoms with Gasteiger partial charge in [-0.25, -0.2) is 4.98 Å². The average Bonchev–Trinajstić information content (AvgIpc) is 2.97. The van der Waals surface area contributed by atoms with Gasteiger partial charge in [-0.1, -0.05) is 18.2 Å². The number of imidazole rings is 1. The molecule has 20 heavy (non-hydrogen) atoms. The number of carbonyl (C=O) groups is 1. The van der Waals surface area contributed by atoms with Gasteiger partial charge in [0.2, 0.25) is 0 Å². The van der Waals surface area contributed by atoms with Gasteiger partial charge in [-0.15, -0.1) is 0 Å². The summed E-state index contributed by atoms with van der Waals surface area (Å²) in [6.07, 6.45) is 3.34. The van der Waals surface area contributed by atoms with Crippen molar-refractivity contribution in [2.75, 3.05) is 33.2 Å². The van der Waals surface area contributed by atoms with Crippen LogP contribution >= 0.6 is 0 Å². The first kappa shape index (κ1) is 12.9. The molecule has 0 aliphatic carbocycles. The molecule has 1 aliphatic heterocycles. The fraction of sp³-hybridized carbons (Fsp3) is 0.333. The minimum absolute atomic E-state index is 0.0550. The third-order valence-electron chi connectivity index (χ3n) is 3.68. The van der Waals surface area contributed by atoms with E-state index in [4.69, 9.17) is 0 Å². The number of amides is 1. The predicted octanol–water partition coefficient (Wildman–Crippen LogP) is 1.26. The Bertz CT molecular complexity index is 585. The second-order valence-corrected chi connectivity index (χ2v) is 5.08. The highest BCUT2D eigenvalue weighted by Crippen LogP contribution is 2.13. The van der Waals surface area contributed by atoms with Crippen LogP contribution in [0, 0.1) is 0 Å².